The molecule has 1 aromatic rings. The minimum atomic E-state index is -0.492. The number of nitrogens with zero attached hydrogens (tertiary/aromatic N) is 2. The molecule has 1 aliphatic heterocycles. The van der Waals surface area contributed by atoms with Gasteiger partial charge in [0.1, 0.15) is 6.54 Å². The van der Waals surface area contributed by atoms with Crippen LogP contribution < -0.4 is 0 Å². The van der Waals surface area contributed by atoms with E-state index in [-0.39, 0.29) is 32.7 Å². The van der Waals surface area contributed by atoms with Crippen molar-refractivity contribution in [3.8, 4) is 0 Å². The molecule has 0 saturated carbocycles. The van der Waals surface area contributed by atoms with Crippen LogP contribution in [0.25, 0.3) is 0 Å². The third-order valence-corrected chi connectivity index (χ3v) is 3.90. The van der Waals surface area contributed by atoms with Gasteiger partial charge in [-0.15, -0.1) is 0 Å². The molecule has 134 valence electrons. The predicted octanol–water partition coefficient (Wildman–Crippen LogP) is 0.321. The molecule has 8 nitrogen and oxygen atoms in total. The number of ether oxygens (including phenoxy) is 2. The molecule has 8 heteroatoms. The number of methoxy groups -OCH3 is 2. The number of esters is 1. The van der Waals surface area contributed by atoms with Crippen molar-refractivity contribution in [2.24, 2.45) is 0 Å². The Kier molecular flexibility index (Phi) is 6.24. The van der Waals surface area contributed by atoms with Crippen LogP contribution in [0.2, 0.25) is 0 Å². The van der Waals surface area contributed by atoms with Crippen LogP contribution in [0.3, 0.4) is 0 Å². The Morgan fingerprint density at radius 3 is 2.16 bits per heavy atom. The Balaban J connectivity index is 2.06. The fourth-order valence-electron chi connectivity index (χ4n) is 2.51. The summed E-state index contributed by atoms with van der Waals surface area (Å²) >= 11 is 0. The number of hydrogen-bond acceptors (Lipinski definition) is 6. The summed E-state index contributed by atoms with van der Waals surface area (Å²) in [6.45, 7) is 0.264. The number of carbonyl (C=O) groups is 4. The molecular formula is C17H20N2O6. The minimum absolute atomic E-state index is 0.0219. The van der Waals surface area contributed by atoms with Crippen LogP contribution in [0.1, 0.15) is 27.1 Å². The highest BCUT2D eigenvalue weighted by Crippen LogP contribution is 2.22. The van der Waals surface area contributed by atoms with Gasteiger partial charge in [0.2, 0.25) is 5.91 Å². The molecule has 0 fully saturated rings. The number of benzene rings is 1. The maximum Gasteiger partial charge on any atom is 0.307 e. The van der Waals surface area contributed by atoms with Gasteiger partial charge in [0.15, 0.2) is 0 Å². The summed E-state index contributed by atoms with van der Waals surface area (Å²) in [6, 6.07) is 6.44. The summed E-state index contributed by atoms with van der Waals surface area (Å²) in [5.74, 6) is -1.87. The lowest BCUT2D eigenvalue weighted by molar-refractivity contribution is -0.142. The Bertz CT molecular complexity index is 652. The van der Waals surface area contributed by atoms with Crippen molar-refractivity contribution < 1.29 is 28.7 Å². The SMILES string of the molecule is COCCN(CCC(=O)OC)C(=O)CN1C(=O)c2ccccc2C1=O. The molecule has 0 spiro atoms. The van der Waals surface area contributed by atoms with Crippen LogP contribution in [0, 0.1) is 0 Å². The van der Waals surface area contributed by atoms with Gasteiger partial charge in [0.05, 0.1) is 31.3 Å². The number of hydrogen-bond donors (Lipinski definition) is 0. The molecule has 25 heavy (non-hydrogen) atoms. The van der Waals surface area contributed by atoms with Gasteiger partial charge in [-0.25, -0.2) is 0 Å². The Morgan fingerprint density at radius 1 is 1.04 bits per heavy atom. The summed E-state index contributed by atoms with van der Waals surface area (Å²) in [7, 11) is 2.76. The van der Waals surface area contributed by atoms with Gasteiger partial charge in [0.25, 0.3) is 11.8 Å². The van der Waals surface area contributed by atoms with Crippen molar-refractivity contribution >= 4 is 23.7 Å². The van der Waals surface area contributed by atoms with Gasteiger partial charge in [-0.05, 0) is 12.1 Å². The molecule has 1 aliphatic rings. The normalized spacial score (nSPS) is 13.0. The van der Waals surface area contributed by atoms with E-state index in [0.717, 1.165) is 4.90 Å². The predicted molar refractivity (Wildman–Crippen MR) is 86.9 cm³/mol. The molecular weight excluding hydrogens is 328 g/mol. The first-order valence-corrected chi connectivity index (χ1v) is 7.78. The maximum absolute atomic E-state index is 12.5. The highest BCUT2D eigenvalue weighted by atomic mass is 16.5. The highest BCUT2D eigenvalue weighted by molar-refractivity contribution is 6.22. The molecule has 1 heterocycles. The number of carbonyl (C=O) groups excluding carboxylic acids is 4. The van der Waals surface area contributed by atoms with Gasteiger partial charge >= 0.3 is 5.97 Å². The van der Waals surface area contributed by atoms with Crippen LogP contribution >= 0.6 is 0 Å². The van der Waals surface area contributed by atoms with Gasteiger partial charge in [-0.1, -0.05) is 12.1 Å². The quantitative estimate of drug-likeness (QED) is 0.496. The molecule has 3 amide bonds. The molecule has 2 rings (SSSR count). The van der Waals surface area contributed by atoms with Crippen molar-refractivity contribution in [3.63, 3.8) is 0 Å². The zero-order valence-corrected chi connectivity index (χ0v) is 14.2. The van der Waals surface area contributed by atoms with E-state index in [1.54, 1.807) is 24.3 Å². The molecule has 0 radical (unpaired) electrons. The fourth-order valence-corrected chi connectivity index (χ4v) is 2.51. The van der Waals surface area contributed by atoms with Crippen molar-refractivity contribution in [2.75, 3.05) is 40.5 Å². The van der Waals surface area contributed by atoms with Gasteiger partial charge < -0.3 is 14.4 Å². The van der Waals surface area contributed by atoms with E-state index in [2.05, 4.69) is 4.74 Å². The third kappa shape index (κ3) is 4.21. The second kappa shape index (κ2) is 8.39. The van der Waals surface area contributed by atoms with E-state index in [1.807, 2.05) is 0 Å². The Hall–Kier alpha value is -2.74. The molecule has 0 saturated heterocycles. The second-order valence-corrected chi connectivity index (χ2v) is 5.44. The van der Waals surface area contributed by atoms with E-state index in [1.165, 1.54) is 19.1 Å². The lowest BCUT2D eigenvalue weighted by Crippen LogP contribution is -2.44. The van der Waals surface area contributed by atoms with E-state index in [9.17, 15) is 19.2 Å². The molecule has 0 unspecified atom stereocenters. The zero-order valence-electron chi connectivity index (χ0n) is 14.2. The molecule has 0 bridgehead atoms. The molecule has 0 N–H and O–H groups in total. The van der Waals surface area contributed by atoms with Crippen molar-refractivity contribution in [1.82, 2.24) is 9.80 Å². The maximum atomic E-state index is 12.5. The number of amides is 3. The van der Waals surface area contributed by atoms with Gasteiger partial charge in [-0.2, -0.15) is 0 Å². The molecule has 0 aliphatic carbocycles. The zero-order chi connectivity index (χ0) is 18.4. The minimum Gasteiger partial charge on any atom is -0.469 e. The topological polar surface area (TPSA) is 93.2 Å². The monoisotopic (exact) mass is 348 g/mol. The Labute approximate surface area is 145 Å². The number of fused-ring (bicyclic) bond motifs is 1. The second-order valence-electron chi connectivity index (χ2n) is 5.44. The Morgan fingerprint density at radius 2 is 1.64 bits per heavy atom. The molecule has 1 aromatic carbocycles. The lowest BCUT2D eigenvalue weighted by Gasteiger charge is -2.24. The average Bonchev–Trinajstić information content (AvgIpc) is 2.86. The van der Waals surface area contributed by atoms with Crippen LogP contribution in [-0.2, 0) is 19.1 Å². The first-order chi connectivity index (χ1) is 12.0. The van der Waals surface area contributed by atoms with E-state index in [0.29, 0.717) is 11.1 Å². The van der Waals surface area contributed by atoms with Crippen LogP contribution in [-0.4, -0.2) is 74.0 Å². The summed E-state index contributed by atoms with van der Waals surface area (Å²) in [5.41, 5.74) is 0.580. The standard InChI is InChI=1S/C17H20N2O6/c1-24-10-9-18(8-7-15(21)25-2)14(20)11-19-16(22)12-5-3-4-6-13(12)17(19)23/h3-6H,7-11H2,1-2H3. The van der Waals surface area contributed by atoms with Crippen molar-refractivity contribution in [3.05, 3.63) is 35.4 Å². The van der Waals surface area contributed by atoms with E-state index < -0.39 is 23.7 Å². The fraction of sp³-hybridized carbons (Fsp3) is 0.412. The summed E-state index contributed by atoms with van der Waals surface area (Å²) in [6.07, 6.45) is 0.0219. The first-order valence-electron chi connectivity index (χ1n) is 7.78. The summed E-state index contributed by atoms with van der Waals surface area (Å²) < 4.78 is 9.53. The van der Waals surface area contributed by atoms with Gasteiger partial charge in [0, 0.05) is 20.2 Å². The largest absolute Gasteiger partial charge is 0.469 e. The number of rotatable bonds is 8. The average molecular weight is 348 g/mol. The van der Waals surface area contributed by atoms with Crippen molar-refractivity contribution in [1.29, 1.82) is 0 Å². The lowest BCUT2D eigenvalue weighted by atomic mass is 10.1. The van der Waals surface area contributed by atoms with Crippen molar-refractivity contribution in [2.45, 2.75) is 6.42 Å². The smallest absolute Gasteiger partial charge is 0.307 e. The molecule has 0 atom stereocenters. The summed E-state index contributed by atoms with van der Waals surface area (Å²) in [4.78, 5) is 50.8. The third-order valence-electron chi connectivity index (χ3n) is 3.90. The van der Waals surface area contributed by atoms with E-state index >= 15 is 0 Å². The first kappa shape index (κ1) is 18.6. The van der Waals surface area contributed by atoms with Crippen LogP contribution in [0.5, 0.6) is 0 Å². The molecule has 0 aromatic heterocycles. The van der Waals surface area contributed by atoms with Gasteiger partial charge in [-0.3, -0.25) is 24.1 Å². The highest BCUT2D eigenvalue weighted by Gasteiger charge is 2.37. The summed E-state index contributed by atoms with van der Waals surface area (Å²) in [5, 5.41) is 0. The van der Waals surface area contributed by atoms with E-state index in [4.69, 9.17) is 4.74 Å². The van der Waals surface area contributed by atoms with Crippen LogP contribution in [0.4, 0.5) is 0 Å². The number of imide groups is 1. The van der Waals surface area contributed by atoms with Crippen LogP contribution in [0.15, 0.2) is 24.3 Å².